The highest BCUT2D eigenvalue weighted by Crippen LogP contribution is 2.40. The summed E-state index contributed by atoms with van der Waals surface area (Å²) in [6, 6.07) is 0. The van der Waals surface area contributed by atoms with Crippen LogP contribution in [0.5, 0.6) is 0 Å². The number of hydrogen-bond donors (Lipinski definition) is 0. The molecule has 0 amide bonds. The lowest BCUT2D eigenvalue weighted by Gasteiger charge is -1.95. The van der Waals surface area contributed by atoms with Crippen molar-refractivity contribution in [1.29, 1.82) is 0 Å². The van der Waals surface area contributed by atoms with Gasteiger partial charge in [-0.1, -0.05) is 44.2 Å². The first-order chi connectivity index (χ1) is 8.24. The molecule has 1 nitrogen and oxygen atoms in total. The Balaban J connectivity index is 2.17. The monoisotopic (exact) mass is 241 g/mol. The number of aliphatic imine (C=N–C) groups is 1. The van der Waals surface area contributed by atoms with Crippen LogP contribution in [-0.4, -0.2) is 6.21 Å². The average molecular weight is 241 g/mol. The summed E-state index contributed by atoms with van der Waals surface area (Å²) in [5.41, 5.74) is 2.61. The number of hydrogen-bond acceptors (Lipinski definition) is 2. The second kappa shape index (κ2) is 4.11. The summed E-state index contributed by atoms with van der Waals surface area (Å²) in [4.78, 5) is 5.91. The third kappa shape index (κ3) is 1.93. The zero-order valence-electron chi connectivity index (χ0n) is 10.1. The van der Waals surface area contributed by atoms with Crippen LogP contribution in [0.25, 0.3) is 18.2 Å². The summed E-state index contributed by atoms with van der Waals surface area (Å²) < 4.78 is 0. The van der Waals surface area contributed by atoms with E-state index in [1.165, 1.54) is 16.0 Å². The highest BCUT2D eigenvalue weighted by molar-refractivity contribution is 7.17. The highest BCUT2D eigenvalue weighted by atomic mass is 32.1. The zero-order chi connectivity index (χ0) is 11.8. The molecule has 1 aromatic rings. The van der Waals surface area contributed by atoms with Crippen molar-refractivity contribution >= 4 is 40.8 Å². The SMILES string of the molecule is CC1C=Cc2sc3c(c2C=C1)C=C[C@@H](C)C=N3. The van der Waals surface area contributed by atoms with Crippen molar-refractivity contribution in [1.82, 2.24) is 0 Å². The molecule has 0 saturated heterocycles. The van der Waals surface area contributed by atoms with Gasteiger partial charge in [0.05, 0.1) is 0 Å². The van der Waals surface area contributed by atoms with Gasteiger partial charge < -0.3 is 0 Å². The molecule has 2 heterocycles. The number of allylic oxidation sites excluding steroid dienone is 3. The minimum Gasteiger partial charge on any atom is -0.249 e. The summed E-state index contributed by atoms with van der Waals surface area (Å²) in [6.07, 6.45) is 15.4. The van der Waals surface area contributed by atoms with Gasteiger partial charge in [0.15, 0.2) is 0 Å². The van der Waals surface area contributed by atoms with Gasteiger partial charge >= 0.3 is 0 Å². The van der Waals surface area contributed by atoms with Crippen molar-refractivity contribution in [2.24, 2.45) is 16.8 Å². The number of nitrogens with zero attached hydrogens (tertiary/aromatic N) is 1. The molecule has 1 unspecified atom stereocenters. The molecule has 1 aliphatic heterocycles. The molecule has 0 saturated carbocycles. The van der Waals surface area contributed by atoms with Gasteiger partial charge in [-0.05, 0) is 12.0 Å². The minimum atomic E-state index is 0.425. The molecule has 1 aliphatic carbocycles. The Kier molecular flexibility index (Phi) is 2.60. The lowest BCUT2D eigenvalue weighted by atomic mass is 10.1. The molecule has 1 aromatic heterocycles. The van der Waals surface area contributed by atoms with Crippen LogP contribution in [-0.2, 0) is 0 Å². The maximum absolute atomic E-state index is 4.59. The van der Waals surface area contributed by atoms with E-state index in [-0.39, 0.29) is 0 Å². The molecule has 2 aliphatic rings. The summed E-state index contributed by atoms with van der Waals surface area (Å²) in [5, 5.41) is 1.14. The first-order valence-electron chi connectivity index (χ1n) is 5.99. The van der Waals surface area contributed by atoms with Gasteiger partial charge in [0.2, 0.25) is 0 Å². The molecule has 0 bridgehead atoms. The Bertz CT molecular complexity index is 509. The van der Waals surface area contributed by atoms with Crippen LogP contribution in [0.2, 0.25) is 0 Å². The van der Waals surface area contributed by atoms with Crippen LogP contribution in [0, 0.1) is 11.8 Å². The van der Waals surface area contributed by atoms with Crippen LogP contribution in [0.3, 0.4) is 0 Å². The fraction of sp³-hybridized carbons (Fsp3) is 0.267. The Morgan fingerprint density at radius 2 is 1.65 bits per heavy atom. The summed E-state index contributed by atoms with van der Waals surface area (Å²) in [6.45, 7) is 4.37. The molecule has 17 heavy (non-hydrogen) atoms. The van der Waals surface area contributed by atoms with Gasteiger partial charge in [-0.25, -0.2) is 4.99 Å². The summed E-state index contributed by atoms with van der Waals surface area (Å²) in [5.74, 6) is 0.942. The smallest absolute Gasteiger partial charge is 0.124 e. The normalized spacial score (nSPS) is 25.3. The highest BCUT2D eigenvalue weighted by Gasteiger charge is 2.15. The third-order valence-electron chi connectivity index (χ3n) is 3.10. The van der Waals surface area contributed by atoms with Crippen LogP contribution < -0.4 is 0 Å². The third-order valence-corrected chi connectivity index (χ3v) is 4.20. The fourth-order valence-electron chi connectivity index (χ4n) is 2.05. The van der Waals surface area contributed by atoms with E-state index in [0.717, 1.165) is 5.00 Å². The Labute approximate surface area is 106 Å². The van der Waals surface area contributed by atoms with Gasteiger partial charge in [-0.2, -0.15) is 0 Å². The molecule has 3 rings (SSSR count). The van der Waals surface area contributed by atoms with Crippen molar-refractivity contribution < 1.29 is 0 Å². The zero-order valence-corrected chi connectivity index (χ0v) is 10.9. The van der Waals surface area contributed by atoms with E-state index in [1.54, 1.807) is 11.3 Å². The van der Waals surface area contributed by atoms with Gasteiger partial charge in [-0.15, -0.1) is 11.3 Å². The lowest BCUT2D eigenvalue weighted by molar-refractivity contribution is 0.954. The van der Waals surface area contributed by atoms with Gasteiger partial charge in [0, 0.05) is 28.1 Å². The van der Waals surface area contributed by atoms with Crippen LogP contribution in [0.1, 0.15) is 29.9 Å². The second-order valence-corrected chi connectivity index (χ2v) is 5.70. The molecule has 0 radical (unpaired) electrons. The topological polar surface area (TPSA) is 12.4 Å². The van der Waals surface area contributed by atoms with Gasteiger partial charge in [0.1, 0.15) is 5.00 Å². The molecule has 0 spiro atoms. The summed E-state index contributed by atoms with van der Waals surface area (Å²) >= 11 is 1.78. The first-order valence-corrected chi connectivity index (χ1v) is 6.81. The van der Waals surface area contributed by atoms with E-state index >= 15 is 0 Å². The van der Waals surface area contributed by atoms with E-state index in [9.17, 15) is 0 Å². The van der Waals surface area contributed by atoms with E-state index < -0.39 is 0 Å². The lowest BCUT2D eigenvalue weighted by Crippen LogP contribution is -1.86. The molecule has 0 aromatic carbocycles. The van der Waals surface area contributed by atoms with Crippen molar-refractivity contribution in [3.05, 3.63) is 34.2 Å². The van der Waals surface area contributed by atoms with Gasteiger partial charge in [0.25, 0.3) is 0 Å². The van der Waals surface area contributed by atoms with E-state index in [4.69, 9.17) is 0 Å². The van der Waals surface area contributed by atoms with E-state index in [2.05, 4.69) is 55.3 Å². The summed E-state index contributed by atoms with van der Waals surface area (Å²) in [7, 11) is 0. The number of rotatable bonds is 0. The Hall–Kier alpha value is -1.41. The largest absolute Gasteiger partial charge is 0.249 e. The predicted molar refractivity (Wildman–Crippen MR) is 77.9 cm³/mol. The molecular formula is C15H15NS. The van der Waals surface area contributed by atoms with E-state index in [1.807, 2.05) is 6.21 Å². The van der Waals surface area contributed by atoms with Crippen molar-refractivity contribution in [2.45, 2.75) is 13.8 Å². The Morgan fingerprint density at radius 1 is 0.941 bits per heavy atom. The Morgan fingerprint density at radius 3 is 2.53 bits per heavy atom. The molecule has 2 heteroatoms. The maximum atomic E-state index is 4.59. The molecule has 86 valence electrons. The van der Waals surface area contributed by atoms with Crippen molar-refractivity contribution in [3.8, 4) is 0 Å². The number of fused-ring (bicyclic) bond motifs is 3. The second-order valence-electron chi connectivity index (χ2n) is 4.67. The maximum Gasteiger partial charge on any atom is 0.124 e. The standard InChI is InChI=1S/C15H15NS/c1-10-3-6-12-13-7-4-11(2)9-16-15(13)17-14(12)8-5-10/h3-11H,1-2H3/t10?,11-/m1/s1. The minimum absolute atomic E-state index is 0.425. The van der Waals surface area contributed by atoms with Crippen molar-refractivity contribution in [3.63, 3.8) is 0 Å². The molecule has 2 atom stereocenters. The fourth-order valence-corrected chi connectivity index (χ4v) is 3.09. The quantitative estimate of drug-likeness (QED) is 0.619. The average Bonchev–Trinajstić information content (AvgIpc) is 2.44. The van der Waals surface area contributed by atoms with Crippen molar-refractivity contribution in [2.75, 3.05) is 0 Å². The number of thiophene rings is 1. The van der Waals surface area contributed by atoms with Crippen LogP contribution >= 0.6 is 11.3 Å². The van der Waals surface area contributed by atoms with Gasteiger partial charge in [-0.3, -0.25) is 0 Å². The van der Waals surface area contributed by atoms with Crippen LogP contribution in [0.4, 0.5) is 5.00 Å². The predicted octanol–water partition coefficient (Wildman–Crippen LogP) is 4.79. The van der Waals surface area contributed by atoms with E-state index in [0.29, 0.717) is 11.8 Å². The molecule has 0 fully saturated rings. The molecular weight excluding hydrogens is 226 g/mol. The first kappa shape index (κ1) is 10.7. The van der Waals surface area contributed by atoms with Crippen LogP contribution in [0.15, 0.2) is 23.2 Å². The molecule has 0 N–H and O–H groups in total.